The summed E-state index contributed by atoms with van der Waals surface area (Å²) in [6.45, 7) is 2.00. The first-order valence-corrected chi connectivity index (χ1v) is 6.06. The van der Waals surface area contributed by atoms with Gasteiger partial charge in [-0.25, -0.2) is 0 Å². The van der Waals surface area contributed by atoms with Gasteiger partial charge in [-0.3, -0.25) is 4.79 Å². The zero-order valence-electron chi connectivity index (χ0n) is 9.47. The number of ether oxygens (including phenoxy) is 1. The minimum Gasteiger partial charge on any atom is -0.497 e. The maximum atomic E-state index is 10.6. The Hall–Kier alpha value is -1.16. The Labute approximate surface area is 99.8 Å². The third-order valence-electron chi connectivity index (χ3n) is 2.20. The van der Waals surface area contributed by atoms with Gasteiger partial charge in [0.2, 0.25) is 0 Å². The van der Waals surface area contributed by atoms with Gasteiger partial charge in [-0.15, -0.1) is 11.8 Å². The number of thioether (sulfide) groups is 1. The van der Waals surface area contributed by atoms with Crippen LogP contribution in [0.2, 0.25) is 0 Å². The van der Waals surface area contributed by atoms with Crippen molar-refractivity contribution in [2.45, 2.75) is 29.9 Å². The summed E-state index contributed by atoms with van der Waals surface area (Å²) in [5.41, 5.74) is 0. The summed E-state index contributed by atoms with van der Waals surface area (Å²) in [6.07, 6.45) is 1.03. The van der Waals surface area contributed by atoms with Crippen LogP contribution in [0.4, 0.5) is 0 Å². The molecular formula is C12H16O3S. The fraction of sp³-hybridized carbons (Fsp3) is 0.417. The Bertz CT molecular complexity index is 352. The number of aliphatic carboxylic acids is 1. The number of carboxylic acids is 1. The molecule has 4 heteroatoms. The second-order valence-corrected chi connectivity index (χ2v) is 4.80. The van der Waals surface area contributed by atoms with Gasteiger partial charge in [0.15, 0.2) is 0 Å². The number of carbonyl (C=O) groups is 1. The average Bonchev–Trinajstić information content (AvgIpc) is 2.28. The number of rotatable bonds is 6. The molecule has 0 amide bonds. The van der Waals surface area contributed by atoms with Crippen molar-refractivity contribution in [3.8, 4) is 5.75 Å². The van der Waals surface area contributed by atoms with E-state index in [0.717, 1.165) is 17.1 Å². The van der Waals surface area contributed by atoms with Crippen LogP contribution in [0, 0.1) is 0 Å². The number of benzene rings is 1. The quantitative estimate of drug-likeness (QED) is 0.776. The third kappa shape index (κ3) is 4.14. The Morgan fingerprint density at radius 2 is 2.31 bits per heavy atom. The molecule has 0 aliphatic heterocycles. The molecule has 0 heterocycles. The van der Waals surface area contributed by atoms with Gasteiger partial charge < -0.3 is 9.84 Å². The van der Waals surface area contributed by atoms with Crippen molar-refractivity contribution in [1.82, 2.24) is 0 Å². The van der Waals surface area contributed by atoms with Crippen molar-refractivity contribution in [2.24, 2.45) is 0 Å². The summed E-state index contributed by atoms with van der Waals surface area (Å²) in [4.78, 5) is 11.7. The van der Waals surface area contributed by atoms with E-state index in [1.165, 1.54) is 0 Å². The molecule has 1 unspecified atom stereocenters. The van der Waals surface area contributed by atoms with Gasteiger partial charge in [0, 0.05) is 10.1 Å². The molecule has 0 fully saturated rings. The Kier molecular flexibility index (Phi) is 5.19. The smallest absolute Gasteiger partial charge is 0.304 e. The monoisotopic (exact) mass is 240 g/mol. The molecule has 0 aliphatic rings. The van der Waals surface area contributed by atoms with Crippen molar-refractivity contribution < 1.29 is 14.6 Å². The van der Waals surface area contributed by atoms with Gasteiger partial charge in [0.05, 0.1) is 13.5 Å². The highest BCUT2D eigenvalue weighted by molar-refractivity contribution is 8.00. The molecule has 1 atom stereocenters. The predicted molar refractivity (Wildman–Crippen MR) is 65.2 cm³/mol. The normalized spacial score (nSPS) is 12.1. The largest absolute Gasteiger partial charge is 0.497 e. The van der Waals surface area contributed by atoms with Crippen LogP contribution in [-0.2, 0) is 4.79 Å². The predicted octanol–water partition coefficient (Wildman–Crippen LogP) is 3.04. The second-order valence-electron chi connectivity index (χ2n) is 3.42. The van der Waals surface area contributed by atoms with Crippen molar-refractivity contribution in [1.29, 1.82) is 0 Å². The molecule has 0 saturated heterocycles. The molecular weight excluding hydrogens is 224 g/mol. The molecule has 16 heavy (non-hydrogen) atoms. The lowest BCUT2D eigenvalue weighted by atomic mass is 10.2. The molecule has 0 spiro atoms. The molecule has 0 aromatic heterocycles. The average molecular weight is 240 g/mol. The van der Waals surface area contributed by atoms with Gasteiger partial charge in [-0.2, -0.15) is 0 Å². The summed E-state index contributed by atoms with van der Waals surface area (Å²) in [7, 11) is 1.62. The SMILES string of the molecule is CCC(CC(=O)O)Sc1cccc(OC)c1. The third-order valence-corrected chi connectivity index (χ3v) is 3.56. The van der Waals surface area contributed by atoms with E-state index in [1.807, 2.05) is 31.2 Å². The van der Waals surface area contributed by atoms with Gasteiger partial charge >= 0.3 is 5.97 Å². The number of methoxy groups -OCH3 is 1. The van der Waals surface area contributed by atoms with Crippen LogP contribution in [-0.4, -0.2) is 23.4 Å². The summed E-state index contributed by atoms with van der Waals surface area (Å²) >= 11 is 1.59. The van der Waals surface area contributed by atoms with Crippen LogP contribution < -0.4 is 4.74 Å². The van der Waals surface area contributed by atoms with E-state index in [0.29, 0.717) is 0 Å². The Morgan fingerprint density at radius 1 is 1.56 bits per heavy atom. The van der Waals surface area contributed by atoms with Gasteiger partial charge in [0.1, 0.15) is 5.75 Å². The van der Waals surface area contributed by atoms with E-state index in [4.69, 9.17) is 9.84 Å². The summed E-state index contributed by atoms with van der Waals surface area (Å²) in [5.74, 6) is 0.0532. The van der Waals surface area contributed by atoms with E-state index in [2.05, 4.69) is 0 Å². The topological polar surface area (TPSA) is 46.5 Å². The zero-order chi connectivity index (χ0) is 12.0. The molecule has 0 saturated carbocycles. The Morgan fingerprint density at radius 3 is 2.88 bits per heavy atom. The molecule has 88 valence electrons. The first-order valence-electron chi connectivity index (χ1n) is 5.18. The number of hydrogen-bond donors (Lipinski definition) is 1. The maximum Gasteiger partial charge on any atom is 0.304 e. The summed E-state index contributed by atoms with van der Waals surface area (Å²) < 4.78 is 5.12. The van der Waals surface area contributed by atoms with Crippen molar-refractivity contribution in [3.63, 3.8) is 0 Å². The van der Waals surface area contributed by atoms with E-state index < -0.39 is 5.97 Å². The summed E-state index contributed by atoms with van der Waals surface area (Å²) in [5, 5.41) is 8.87. The van der Waals surface area contributed by atoms with E-state index in [9.17, 15) is 4.79 Å². The minimum atomic E-state index is -0.748. The zero-order valence-corrected chi connectivity index (χ0v) is 10.3. The lowest BCUT2D eigenvalue weighted by Gasteiger charge is -2.12. The van der Waals surface area contributed by atoms with Crippen molar-refractivity contribution >= 4 is 17.7 Å². The standard InChI is InChI=1S/C12H16O3S/c1-3-10(8-12(13)14)16-11-6-4-5-9(7-11)15-2/h4-7,10H,3,8H2,1-2H3,(H,13,14). The lowest BCUT2D eigenvalue weighted by molar-refractivity contribution is -0.136. The molecule has 0 radical (unpaired) electrons. The van der Waals surface area contributed by atoms with Crippen LogP contribution in [0.5, 0.6) is 5.75 Å². The summed E-state index contributed by atoms with van der Waals surface area (Å²) in [6, 6.07) is 7.68. The maximum absolute atomic E-state index is 10.6. The molecule has 3 nitrogen and oxygen atoms in total. The van der Waals surface area contributed by atoms with Crippen molar-refractivity contribution in [3.05, 3.63) is 24.3 Å². The van der Waals surface area contributed by atoms with E-state index in [-0.39, 0.29) is 11.7 Å². The highest BCUT2D eigenvalue weighted by Gasteiger charge is 2.12. The lowest BCUT2D eigenvalue weighted by Crippen LogP contribution is -2.08. The first kappa shape index (κ1) is 12.9. The van der Waals surface area contributed by atoms with Crippen LogP contribution in [0.1, 0.15) is 19.8 Å². The highest BCUT2D eigenvalue weighted by Crippen LogP contribution is 2.29. The molecule has 0 aliphatic carbocycles. The molecule has 1 rings (SSSR count). The number of carboxylic acid groups (broad SMARTS) is 1. The Balaban J connectivity index is 2.65. The van der Waals surface area contributed by atoms with Crippen molar-refractivity contribution in [2.75, 3.05) is 7.11 Å². The number of hydrogen-bond acceptors (Lipinski definition) is 3. The fourth-order valence-corrected chi connectivity index (χ4v) is 2.45. The van der Waals surface area contributed by atoms with Crippen LogP contribution >= 0.6 is 11.8 Å². The van der Waals surface area contributed by atoms with E-state index >= 15 is 0 Å². The highest BCUT2D eigenvalue weighted by atomic mass is 32.2. The molecule has 1 aromatic rings. The molecule has 0 bridgehead atoms. The van der Waals surface area contributed by atoms with E-state index in [1.54, 1.807) is 18.9 Å². The minimum absolute atomic E-state index is 0.115. The molecule has 1 N–H and O–H groups in total. The van der Waals surface area contributed by atoms with Gasteiger partial charge in [0.25, 0.3) is 0 Å². The van der Waals surface area contributed by atoms with Crippen LogP contribution in [0.15, 0.2) is 29.2 Å². The molecule has 1 aromatic carbocycles. The van der Waals surface area contributed by atoms with Crippen LogP contribution in [0.25, 0.3) is 0 Å². The fourth-order valence-electron chi connectivity index (χ4n) is 1.33. The van der Waals surface area contributed by atoms with Gasteiger partial charge in [-0.05, 0) is 24.6 Å². The van der Waals surface area contributed by atoms with Gasteiger partial charge in [-0.1, -0.05) is 13.0 Å². The first-order chi connectivity index (χ1) is 7.65. The van der Waals surface area contributed by atoms with Crippen LogP contribution in [0.3, 0.4) is 0 Å². The second kappa shape index (κ2) is 6.43.